The Hall–Kier alpha value is -1.03. The van der Waals surface area contributed by atoms with E-state index in [9.17, 15) is 4.79 Å². The van der Waals surface area contributed by atoms with Gasteiger partial charge in [-0.3, -0.25) is 0 Å². The Bertz CT molecular complexity index is 330. The molecular formula is C15H23FeO6Si+. The summed E-state index contributed by atoms with van der Waals surface area (Å²) >= 11 is 0. The molecule has 0 aliphatic carbocycles. The molecule has 0 aliphatic rings. The number of ether oxygens (including phenoxy) is 1. The molecule has 0 aromatic heterocycles. The molecule has 0 rings (SSSR count). The Morgan fingerprint density at radius 3 is 1.91 bits per heavy atom. The first-order valence-corrected chi connectivity index (χ1v) is 9.78. The van der Waals surface area contributed by atoms with Gasteiger partial charge in [0.05, 0.1) is 11.9 Å². The minimum Gasteiger partial charge on any atom is 2.00 e. The fourth-order valence-corrected chi connectivity index (χ4v) is 2.36. The average molecular weight is 383 g/mol. The van der Waals surface area contributed by atoms with Crippen LogP contribution in [-0.4, -0.2) is 20.9 Å². The predicted molar refractivity (Wildman–Crippen MR) is 80.1 cm³/mol. The second-order valence-corrected chi connectivity index (χ2v) is 9.30. The van der Waals surface area contributed by atoms with E-state index in [1.54, 1.807) is 0 Å². The van der Waals surface area contributed by atoms with Crippen LogP contribution in [0.25, 0.3) is 0 Å². The van der Waals surface area contributed by atoms with Crippen LogP contribution in [0.4, 0.5) is 0 Å². The zero-order valence-electron chi connectivity index (χ0n) is 14.1. The van der Waals surface area contributed by atoms with E-state index in [0.29, 0.717) is 0 Å². The second kappa shape index (κ2) is 25.9. The number of carbonyl (C=O) groups excluding carboxylic acids is 1. The van der Waals surface area contributed by atoms with Gasteiger partial charge >= 0.3 is 51.0 Å². The summed E-state index contributed by atoms with van der Waals surface area (Å²) in [6.45, 7) is 25.3. The molecule has 1 unspecified atom stereocenters. The predicted octanol–water partition coefficient (Wildman–Crippen LogP) is 3.27. The first-order chi connectivity index (χ1) is 10.4. The van der Waals surface area contributed by atoms with E-state index in [4.69, 9.17) is 23.1 Å². The summed E-state index contributed by atoms with van der Waals surface area (Å²) in [7, 11) is -1.50. The van der Waals surface area contributed by atoms with Crippen molar-refractivity contribution >= 4 is 14.8 Å². The van der Waals surface area contributed by atoms with Gasteiger partial charge in [-0.1, -0.05) is 12.5 Å². The minimum absolute atomic E-state index is 0. The maximum atomic E-state index is 9.98. The summed E-state index contributed by atoms with van der Waals surface area (Å²) in [5.74, 6) is 1.06. The van der Waals surface area contributed by atoms with E-state index >= 15 is 0 Å². The molecule has 0 saturated heterocycles. The SMILES string of the molecule is C/C=C(\CCCC(C)O[C-]=O)O[Si](C)(C)C.[C-]#[O+].[C-]#[O+].[C-]#[O+].[Fe+2]. The van der Waals surface area contributed by atoms with Gasteiger partial charge in [-0.05, 0) is 46.3 Å². The molecule has 0 saturated carbocycles. The number of rotatable bonds is 8. The first-order valence-electron chi connectivity index (χ1n) is 6.37. The van der Waals surface area contributed by atoms with Crippen LogP contribution in [-0.2, 0) is 45.0 Å². The Labute approximate surface area is 150 Å². The molecule has 0 fully saturated rings. The minimum atomic E-state index is -1.50. The van der Waals surface area contributed by atoms with Crippen molar-refractivity contribution in [2.75, 3.05) is 0 Å². The Kier molecular flexibility index (Phi) is 37.8. The third-order valence-electron chi connectivity index (χ3n) is 2.04. The van der Waals surface area contributed by atoms with E-state index in [1.807, 2.05) is 19.9 Å². The third-order valence-corrected chi connectivity index (χ3v) is 2.92. The summed E-state index contributed by atoms with van der Waals surface area (Å²) in [5, 5.41) is 0. The standard InChI is InChI=1S/C12H23O3Si.3CO.Fe/c1-6-12(15-16(3,4)5)9-7-8-11(2)14-10-13;3*1-2;/h6,11H,7-9H2,1-5H3;;;;/q-1;;;;+2/b12-6+;;;;. The third kappa shape index (κ3) is 33.7. The number of hydrogen-bond acceptors (Lipinski definition) is 3. The summed E-state index contributed by atoms with van der Waals surface area (Å²) < 4.78 is 33.1. The van der Waals surface area contributed by atoms with Crippen LogP contribution >= 0.6 is 0 Å². The van der Waals surface area contributed by atoms with Gasteiger partial charge in [-0.25, -0.2) is 0 Å². The molecule has 0 aromatic rings. The van der Waals surface area contributed by atoms with Crippen LogP contribution in [0.15, 0.2) is 11.8 Å². The van der Waals surface area contributed by atoms with Gasteiger partial charge in [-0.2, -0.15) is 0 Å². The van der Waals surface area contributed by atoms with Gasteiger partial charge in [0, 0.05) is 6.42 Å². The molecule has 0 aliphatic heterocycles. The maximum absolute atomic E-state index is 9.98. The fourth-order valence-electron chi connectivity index (χ4n) is 1.35. The smallest absolute Gasteiger partial charge is 2.00 e. The van der Waals surface area contributed by atoms with E-state index in [0.717, 1.165) is 25.0 Å². The van der Waals surface area contributed by atoms with Crippen LogP contribution in [0.1, 0.15) is 33.1 Å². The molecule has 0 radical (unpaired) electrons. The van der Waals surface area contributed by atoms with Gasteiger partial charge in [0.1, 0.15) is 0 Å². The van der Waals surface area contributed by atoms with Crippen molar-refractivity contribution in [3.8, 4) is 0 Å². The van der Waals surface area contributed by atoms with Gasteiger partial charge in [0.15, 0.2) is 0 Å². The Morgan fingerprint density at radius 1 is 1.17 bits per heavy atom. The largest absolute Gasteiger partial charge is 2.00 e. The molecule has 0 bridgehead atoms. The van der Waals surface area contributed by atoms with Crippen LogP contribution in [0.2, 0.25) is 19.6 Å². The van der Waals surface area contributed by atoms with Crippen LogP contribution in [0, 0.1) is 20.0 Å². The first kappa shape index (κ1) is 33.5. The van der Waals surface area contributed by atoms with E-state index in [2.05, 4.69) is 39.6 Å². The molecule has 130 valence electrons. The normalized spacial score (nSPS) is 10.3. The summed E-state index contributed by atoms with van der Waals surface area (Å²) in [6.07, 6.45) is 4.69. The maximum Gasteiger partial charge on any atom is 2.00 e. The molecule has 6 nitrogen and oxygen atoms in total. The van der Waals surface area contributed by atoms with Crippen LogP contribution < -0.4 is 0 Å². The quantitative estimate of drug-likeness (QED) is 0.279. The molecule has 23 heavy (non-hydrogen) atoms. The van der Waals surface area contributed by atoms with Crippen LogP contribution in [0.5, 0.6) is 0 Å². The summed E-state index contributed by atoms with van der Waals surface area (Å²) in [4.78, 5) is 9.98. The summed E-state index contributed by atoms with van der Waals surface area (Å²) in [5.41, 5.74) is 0. The number of allylic oxidation sites excluding steroid dienone is 2. The van der Waals surface area contributed by atoms with Gasteiger partial charge < -0.3 is 14.0 Å². The summed E-state index contributed by atoms with van der Waals surface area (Å²) in [6, 6.07) is 0. The van der Waals surface area contributed by atoms with Gasteiger partial charge in [-0.15, -0.1) is 0 Å². The average Bonchev–Trinajstić information content (AvgIpc) is 2.51. The molecule has 0 heterocycles. The Balaban J connectivity index is -0.000000137. The van der Waals surface area contributed by atoms with E-state index < -0.39 is 8.32 Å². The second-order valence-electron chi connectivity index (χ2n) is 4.87. The zero-order chi connectivity index (χ0) is 18.6. The van der Waals surface area contributed by atoms with Crippen molar-refractivity contribution in [1.29, 1.82) is 0 Å². The topological polar surface area (TPSA) is 95.2 Å². The van der Waals surface area contributed by atoms with E-state index in [-0.39, 0.29) is 23.2 Å². The molecule has 0 N–H and O–H groups in total. The molecule has 1 atom stereocenters. The van der Waals surface area contributed by atoms with Crippen molar-refractivity contribution in [3.63, 3.8) is 0 Å². The van der Waals surface area contributed by atoms with Crippen molar-refractivity contribution in [3.05, 3.63) is 31.8 Å². The number of hydrogen-bond donors (Lipinski definition) is 0. The van der Waals surface area contributed by atoms with E-state index in [1.165, 1.54) is 6.47 Å². The zero-order valence-corrected chi connectivity index (χ0v) is 16.2. The van der Waals surface area contributed by atoms with Crippen molar-refractivity contribution in [2.45, 2.75) is 58.9 Å². The monoisotopic (exact) mass is 383 g/mol. The van der Waals surface area contributed by atoms with Crippen LogP contribution in [0.3, 0.4) is 0 Å². The molecule has 8 heteroatoms. The molecule has 0 aromatic carbocycles. The fraction of sp³-hybridized carbons (Fsp3) is 0.600. The molecule has 0 spiro atoms. The molecule has 0 amide bonds. The Morgan fingerprint density at radius 2 is 1.61 bits per heavy atom. The van der Waals surface area contributed by atoms with Gasteiger partial charge in [0.25, 0.3) is 0 Å². The van der Waals surface area contributed by atoms with Crippen molar-refractivity contribution < 1.29 is 45.0 Å². The molecular weight excluding hydrogens is 360 g/mol. The van der Waals surface area contributed by atoms with Crippen molar-refractivity contribution in [1.82, 2.24) is 0 Å². The van der Waals surface area contributed by atoms with Gasteiger partial charge in [0.2, 0.25) is 8.32 Å². The van der Waals surface area contributed by atoms with Crippen molar-refractivity contribution in [2.24, 2.45) is 0 Å².